The fourth-order valence-electron chi connectivity index (χ4n) is 8.20. The van der Waals surface area contributed by atoms with Gasteiger partial charge in [-0.15, -0.1) is 24.0 Å². The van der Waals surface area contributed by atoms with E-state index in [4.69, 9.17) is 35.5 Å². The number of aryl methyl sites for hydroxylation is 1. The van der Waals surface area contributed by atoms with Gasteiger partial charge < -0.3 is 61.3 Å². The topological polar surface area (TPSA) is 253 Å². The number of thiol groups is 1. The van der Waals surface area contributed by atoms with E-state index in [-0.39, 0.29) is 80.3 Å². The summed E-state index contributed by atoms with van der Waals surface area (Å²) in [6, 6.07) is 11.0. The Hall–Kier alpha value is -6.22. The number of nitrogens with two attached hydrogens (primary N) is 2. The van der Waals surface area contributed by atoms with Crippen LogP contribution in [-0.4, -0.2) is 159 Å². The van der Waals surface area contributed by atoms with Gasteiger partial charge in [0.25, 0.3) is 0 Å². The monoisotopic (exact) mass is 1090 g/mol. The number of nitrogens with one attached hydrogen (secondary N) is 3. The molecule has 22 heteroatoms. The van der Waals surface area contributed by atoms with Crippen molar-refractivity contribution in [2.24, 2.45) is 16.9 Å². The van der Waals surface area contributed by atoms with E-state index < -0.39 is 35.2 Å². The van der Waals surface area contributed by atoms with Gasteiger partial charge in [0.1, 0.15) is 24.4 Å². The van der Waals surface area contributed by atoms with E-state index in [1.54, 1.807) is 28.5 Å². The number of carbonyl (C=O) groups excluding carboxylic acids is 4. The van der Waals surface area contributed by atoms with Gasteiger partial charge in [-0.25, -0.2) is 14.2 Å². The van der Waals surface area contributed by atoms with Crippen LogP contribution in [0, 0.1) is 30.0 Å². The quantitative estimate of drug-likeness (QED) is 0.0234. The zero-order valence-corrected chi connectivity index (χ0v) is 45.7. The minimum atomic E-state index is -1.24. The fraction of sp³-hybridized carbons (Fsp3) is 0.519. The standard InChI is InChI=1S/C54H74FN9O10S2/c1-37-49(76-36-60-37)40-16-13-39(14-17-40)32-59-51(67)43-10-7-21-64(43)52(68)50(54(2,3)4)61-46(65)35-73-30-28-71-27-29-72-34-41(56)33-58-19-5-12-47(66)63-24-22-62(23-25-63)20-6-9-38-15-18-44(42(55)31-38)74-26-8-11-45(75)48(57)53(69)70/h13-18,31,33,36,43,50,58,75H,5,7-8,10-12,19-30,32,34-35,56-57H2,1-4H3,(H,59,67)(H,61,65)(H,69,70)/b41-33-,48-45-/t43-,50+/m0/s1. The SMILES string of the molecule is Cc1ncsc1-c1ccc(CNC(=O)[C@@H]2CCCN2C(=O)[C@@H](NC(=O)COCCOCCOC/C(N)=C/NCCCC(=O)N2CCN(CC#Cc3ccc(OCCC/C(S)=C(/N)C(=O)O)c(F)c3)CC2)C(C)(C)C)cc1. The lowest BCUT2D eigenvalue weighted by Gasteiger charge is -2.35. The molecular weight excluding hydrogens is 1020 g/mol. The van der Waals surface area contributed by atoms with Crippen LogP contribution >= 0.6 is 24.0 Å². The summed E-state index contributed by atoms with van der Waals surface area (Å²) in [7, 11) is 0. The van der Waals surface area contributed by atoms with Crippen LogP contribution in [0.1, 0.15) is 76.1 Å². The zero-order chi connectivity index (χ0) is 55.0. The summed E-state index contributed by atoms with van der Waals surface area (Å²) in [5.41, 5.74) is 16.4. The number of benzene rings is 2. The Balaban J connectivity index is 0.862. The number of carboxylic acid groups (broad SMARTS) is 1. The van der Waals surface area contributed by atoms with Crippen LogP contribution in [0.3, 0.4) is 0 Å². The van der Waals surface area contributed by atoms with Crippen LogP contribution in [-0.2, 0) is 44.7 Å². The first-order valence-electron chi connectivity index (χ1n) is 25.5. The molecule has 3 aromatic rings. The average molecular weight is 1090 g/mol. The smallest absolute Gasteiger partial charge is 0.352 e. The summed E-state index contributed by atoms with van der Waals surface area (Å²) in [5, 5.41) is 17.9. The van der Waals surface area contributed by atoms with Gasteiger partial charge in [-0.1, -0.05) is 56.9 Å². The van der Waals surface area contributed by atoms with E-state index >= 15 is 0 Å². The number of halogens is 1. The van der Waals surface area contributed by atoms with Crippen LogP contribution < -0.4 is 32.2 Å². The number of aliphatic carboxylic acids is 1. The van der Waals surface area contributed by atoms with Gasteiger partial charge in [0.15, 0.2) is 11.6 Å². The number of amides is 4. The molecule has 3 heterocycles. The largest absolute Gasteiger partial charge is 0.491 e. The van der Waals surface area contributed by atoms with Gasteiger partial charge >= 0.3 is 5.97 Å². The Kier molecular flexibility index (Phi) is 24.8. The molecule has 19 nitrogen and oxygen atoms in total. The number of thiazole rings is 1. The number of carboxylic acids is 1. The summed E-state index contributed by atoms with van der Waals surface area (Å²) in [4.78, 5) is 75.2. The highest BCUT2D eigenvalue weighted by Gasteiger charge is 2.42. The van der Waals surface area contributed by atoms with Crippen LogP contribution in [0.15, 0.2) is 70.5 Å². The Morgan fingerprint density at radius 2 is 1.66 bits per heavy atom. The van der Waals surface area contributed by atoms with Crippen LogP contribution in [0.5, 0.6) is 5.75 Å². The molecule has 0 bridgehead atoms. The number of rotatable bonds is 28. The molecule has 4 amide bonds. The fourth-order valence-corrected chi connectivity index (χ4v) is 9.27. The summed E-state index contributed by atoms with van der Waals surface area (Å²) in [5.74, 6) is 3.46. The molecule has 2 saturated heterocycles. The molecule has 2 fully saturated rings. The van der Waals surface area contributed by atoms with Crippen molar-refractivity contribution in [3.8, 4) is 28.0 Å². The number of ether oxygens (including phenoxy) is 4. The number of allylic oxidation sites excluding steroid dienone is 1. The number of hydrogen-bond acceptors (Lipinski definition) is 16. The van der Waals surface area contributed by atoms with E-state index in [9.17, 15) is 28.4 Å². The van der Waals surface area contributed by atoms with E-state index in [0.717, 1.165) is 21.7 Å². The van der Waals surface area contributed by atoms with Crippen molar-refractivity contribution in [1.29, 1.82) is 0 Å². The van der Waals surface area contributed by atoms with Crippen molar-refractivity contribution < 1.29 is 52.4 Å². The average Bonchev–Trinajstić information content (AvgIpc) is 4.08. The first kappa shape index (κ1) is 60.6. The molecule has 0 saturated carbocycles. The summed E-state index contributed by atoms with van der Waals surface area (Å²) in [6.07, 6.45) is 4.61. The van der Waals surface area contributed by atoms with Crippen LogP contribution in [0.25, 0.3) is 10.4 Å². The molecule has 2 aliphatic heterocycles. The van der Waals surface area contributed by atoms with E-state index in [2.05, 4.69) is 50.3 Å². The third-order valence-corrected chi connectivity index (χ3v) is 13.9. The molecular formula is C54H74FN9O10S2. The summed E-state index contributed by atoms with van der Waals surface area (Å²) >= 11 is 5.68. The number of aromatic nitrogens is 1. The van der Waals surface area contributed by atoms with Crippen molar-refractivity contribution >= 4 is 53.6 Å². The normalized spacial score (nSPS) is 15.8. The molecule has 2 aromatic carbocycles. The lowest BCUT2D eigenvalue weighted by atomic mass is 9.85. The van der Waals surface area contributed by atoms with Crippen molar-refractivity contribution in [3.63, 3.8) is 0 Å². The predicted molar refractivity (Wildman–Crippen MR) is 291 cm³/mol. The third kappa shape index (κ3) is 20.1. The van der Waals surface area contributed by atoms with Crippen molar-refractivity contribution in [1.82, 2.24) is 35.6 Å². The zero-order valence-electron chi connectivity index (χ0n) is 44.0. The molecule has 1 aromatic heterocycles. The molecule has 2 aliphatic rings. The second kappa shape index (κ2) is 31.1. The van der Waals surface area contributed by atoms with Gasteiger partial charge in [0, 0.05) is 68.9 Å². The third-order valence-electron chi connectivity index (χ3n) is 12.5. The van der Waals surface area contributed by atoms with Gasteiger partial charge in [-0.2, -0.15) is 0 Å². The second-order valence-corrected chi connectivity index (χ2v) is 20.8. The van der Waals surface area contributed by atoms with E-state index in [1.165, 1.54) is 12.1 Å². The van der Waals surface area contributed by atoms with Gasteiger partial charge in [0.05, 0.1) is 68.0 Å². The first-order valence-corrected chi connectivity index (χ1v) is 26.8. The second-order valence-electron chi connectivity index (χ2n) is 19.5. The lowest BCUT2D eigenvalue weighted by molar-refractivity contribution is -0.144. The Morgan fingerprint density at radius 1 is 0.947 bits per heavy atom. The number of carbonyl (C=O) groups is 5. The lowest BCUT2D eigenvalue weighted by Crippen LogP contribution is -2.58. The van der Waals surface area contributed by atoms with Gasteiger partial charge in [-0.3, -0.25) is 24.1 Å². The van der Waals surface area contributed by atoms with Crippen LogP contribution in [0.4, 0.5) is 4.39 Å². The van der Waals surface area contributed by atoms with Gasteiger partial charge in [-0.05, 0) is 73.8 Å². The summed E-state index contributed by atoms with van der Waals surface area (Å²) < 4.78 is 36.8. The molecule has 2 atom stereocenters. The minimum Gasteiger partial charge on any atom is -0.491 e. The maximum Gasteiger partial charge on any atom is 0.352 e. The maximum atomic E-state index is 14.6. The molecule has 414 valence electrons. The number of likely N-dealkylation sites (tertiary alicyclic amines) is 1. The molecule has 8 N–H and O–H groups in total. The minimum absolute atomic E-state index is 0.0738. The highest BCUT2D eigenvalue weighted by Crippen LogP contribution is 2.28. The molecule has 0 aliphatic carbocycles. The first-order chi connectivity index (χ1) is 36.4. The Morgan fingerprint density at radius 3 is 2.33 bits per heavy atom. The highest BCUT2D eigenvalue weighted by molar-refractivity contribution is 7.84. The van der Waals surface area contributed by atoms with Crippen molar-refractivity contribution in [2.75, 3.05) is 92.1 Å². The van der Waals surface area contributed by atoms with Gasteiger partial charge in [0.2, 0.25) is 23.6 Å². The molecule has 0 unspecified atom stereocenters. The molecule has 76 heavy (non-hydrogen) atoms. The molecule has 0 radical (unpaired) electrons. The molecule has 5 rings (SSSR count). The Labute approximate surface area is 454 Å². The summed E-state index contributed by atoms with van der Waals surface area (Å²) in [6.45, 7) is 13.0. The predicted octanol–water partition coefficient (Wildman–Crippen LogP) is 4.16. The number of nitrogens with zero attached hydrogens (tertiary/aromatic N) is 4. The number of piperazine rings is 1. The van der Waals surface area contributed by atoms with Crippen molar-refractivity contribution in [2.45, 2.75) is 84.8 Å². The highest BCUT2D eigenvalue weighted by atomic mass is 32.1. The van der Waals surface area contributed by atoms with Crippen molar-refractivity contribution in [3.05, 3.63) is 93.1 Å². The van der Waals surface area contributed by atoms with E-state index in [0.29, 0.717) is 102 Å². The maximum absolute atomic E-state index is 14.6. The molecule has 0 spiro atoms. The van der Waals surface area contributed by atoms with Crippen LogP contribution in [0.2, 0.25) is 0 Å². The number of hydrogen-bond donors (Lipinski definition) is 7. The van der Waals surface area contributed by atoms with E-state index in [1.807, 2.05) is 62.4 Å². The Bertz CT molecular complexity index is 2540.